The van der Waals surface area contributed by atoms with Crippen LogP contribution in [0, 0.1) is 11.6 Å². The van der Waals surface area contributed by atoms with Crippen molar-refractivity contribution in [3.63, 3.8) is 0 Å². The number of hydrogen-bond acceptors (Lipinski definition) is 3. The van der Waals surface area contributed by atoms with Crippen LogP contribution in [0.15, 0.2) is 42.5 Å². The van der Waals surface area contributed by atoms with Crippen molar-refractivity contribution in [2.45, 2.75) is 18.9 Å². The molecular weight excluding hydrogens is 330 g/mol. The topological polar surface area (TPSA) is 82.3 Å². The van der Waals surface area contributed by atoms with Crippen LogP contribution >= 0.6 is 0 Å². The van der Waals surface area contributed by atoms with Crippen LogP contribution in [0.1, 0.15) is 24.4 Å². The Morgan fingerprint density at radius 1 is 1.08 bits per heavy atom. The maximum Gasteiger partial charge on any atom is 0.323 e. The number of carbonyl (C=O) groups is 2. The molecule has 1 unspecified atom stereocenters. The monoisotopic (exact) mass is 346 g/mol. The Balaban J connectivity index is 1.72. The van der Waals surface area contributed by atoms with Crippen LogP contribution in [0.4, 0.5) is 25.0 Å². The van der Waals surface area contributed by atoms with E-state index in [4.69, 9.17) is 0 Å². The zero-order valence-corrected chi connectivity index (χ0v) is 13.1. The van der Waals surface area contributed by atoms with E-state index in [1.54, 1.807) is 12.1 Å². The minimum Gasteiger partial charge on any atom is -0.307 e. The fourth-order valence-corrected chi connectivity index (χ4v) is 2.59. The first-order valence-electron chi connectivity index (χ1n) is 7.69. The van der Waals surface area contributed by atoms with Gasteiger partial charge < -0.3 is 10.6 Å². The molecule has 3 amide bonds. The summed E-state index contributed by atoms with van der Waals surface area (Å²) < 4.78 is 26.5. The van der Waals surface area contributed by atoms with Crippen LogP contribution in [-0.4, -0.2) is 11.9 Å². The first kappa shape index (κ1) is 16.8. The van der Waals surface area contributed by atoms with Crippen molar-refractivity contribution < 1.29 is 18.4 Å². The van der Waals surface area contributed by atoms with E-state index >= 15 is 0 Å². The molecule has 0 aromatic heterocycles. The predicted octanol–water partition coefficient (Wildman–Crippen LogP) is 3.06. The summed E-state index contributed by atoms with van der Waals surface area (Å²) >= 11 is 0. The van der Waals surface area contributed by atoms with Crippen LogP contribution in [0.25, 0.3) is 0 Å². The van der Waals surface area contributed by atoms with Crippen LogP contribution in [-0.2, 0) is 4.79 Å². The molecule has 130 valence electrons. The van der Waals surface area contributed by atoms with Crippen molar-refractivity contribution in [3.8, 4) is 0 Å². The molecule has 8 heteroatoms. The highest BCUT2D eigenvalue weighted by atomic mass is 19.1. The number of benzene rings is 2. The summed E-state index contributed by atoms with van der Waals surface area (Å²) in [5, 5.41) is 4.99. The zero-order valence-electron chi connectivity index (χ0n) is 13.1. The molecule has 3 rings (SSSR count). The number of hydrogen-bond donors (Lipinski definition) is 4. The van der Waals surface area contributed by atoms with Gasteiger partial charge >= 0.3 is 6.03 Å². The maximum atomic E-state index is 13.6. The molecule has 1 heterocycles. The Labute approximate surface area is 142 Å². The summed E-state index contributed by atoms with van der Waals surface area (Å²) in [7, 11) is 0. The number of amides is 3. The second-order valence-corrected chi connectivity index (χ2v) is 5.57. The average molecular weight is 346 g/mol. The summed E-state index contributed by atoms with van der Waals surface area (Å²) in [6.07, 6.45) is 0.956. The van der Waals surface area contributed by atoms with Crippen molar-refractivity contribution in [1.29, 1.82) is 0 Å². The van der Waals surface area contributed by atoms with Gasteiger partial charge in [0.25, 0.3) is 0 Å². The first-order chi connectivity index (χ1) is 12.0. The molecule has 1 saturated heterocycles. The number of carbonyl (C=O) groups excluding carboxylic acids is 2. The van der Waals surface area contributed by atoms with Gasteiger partial charge in [0.2, 0.25) is 5.91 Å². The van der Waals surface area contributed by atoms with Crippen LogP contribution in [0.2, 0.25) is 0 Å². The third-order valence-electron chi connectivity index (χ3n) is 3.81. The van der Waals surface area contributed by atoms with Crippen molar-refractivity contribution in [3.05, 3.63) is 59.7 Å². The highest BCUT2D eigenvalue weighted by molar-refractivity contribution is 6.00. The van der Waals surface area contributed by atoms with Gasteiger partial charge in [-0.15, -0.1) is 0 Å². The number of anilines is 2. The number of para-hydroxylation sites is 1. The van der Waals surface area contributed by atoms with Gasteiger partial charge in [0, 0.05) is 18.2 Å². The van der Waals surface area contributed by atoms with Crippen LogP contribution in [0.5, 0.6) is 0 Å². The Hall–Kier alpha value is -3.00. The number of hydrazine groups is 1. The van der Waals surface area contributed by atoms with E-state index in [2.05, 4.69) is 21.5 Å². The molecule has 0 aliphatic carbocycles. The minimum absolute atomic E-state index is 0.0915. The number of urea groups is 1. The van der Waals surface area contributed by atoms with Gasteiger partial charge in [0.1, 0.15) is 11.6 Å². The quantitative estimate of drug-likeness (QED) is 0.689. The fraction of sp³-hybridized carbons (Fsp3) is 0.176. The third kappa shape index (κ3) is 4.10. The molecule has 6 nitrogen and oxygen atoms in total. The summed E-state index contributed by atoms with van der Waals surface area (Å²) in [4.78, 5) is 23.4. The normalized spacial score (nSPS) is 16.9. The summed E-state index contributed by atoms with van der Waals surface area (Å²) in [5.41, 5.74) is 6.64. The second kappa shape index (κ2) is 7.27. The van der Waals surface area contributed by atoms with Gasteiger partial charge in [-0.2, -0.15) is 0 Å². The Bertz CT molecular complexity index is 803. The molecular formula is C17H16F2N4O2. The first-order valence-corrected chi connectivity index (χ1v) is 7.69. The molecule has 2 aromatic rings. The summed E-state index contributed by atoms with van der Waals surface area (Å²) in [5.74, 6) is -1.68. The van der Waals surface area contributed by atoms with Gasteiger partial charge in [-0.3, -0.25) is 10.2 Å². The molecule has 0 bridgehead atoms. The van der Waals surface area contributed by atoms with Crippen LogP contribution in [0.3, 0.4) is 0 Å². The molecule has 25 heavy (non-hydrogen) atoms. The van der Waals surface area contributed by atoms with Gasteiger partial charge in [-0.1, -0.05) is 18.2 Å². The lowest BCUT2D eigenvalue weighted by atomic mass is 9.99. The lowest BCUT2D eigenvalue weighted by Crippen LogP contribution is -2.44. The van der Waals surface area contributed by atoms with Gasteiger partial charge in [0.05, 0.1) is 11.7 Å². The standard InChI is InChI=1S/C17H16F2N4O2/c18-10-5-6-15(12(19)9-10)21-17(25)20-13-4-2-1-3-11(13)14-7-8-16(24)23-22-14/h1-6,9,14,22H,7-8H2,(H,23,24)(H2,20,21,25). The number of halogens is 2. The van der Waals surface area contributed by atoms with E-state index in [9.17, 15) is 18.4 Å². The molecule has 1 aliphatic heterocycles. The van der Waals surface area contributed by atoms with Crippen molar-refractivity contribution in [1.82, 2.24) is 10.9 Å². The molecule has 1 fully saturated rings. The Morgan fingerprint density at radius 3 is 2.56 bits per heavy atom. The van der Waals surface area contributed by atoms with Gasteiger partial charge in [-0.05, 0) is 30.2 Å². The van der Waals surface area contributed by atoms with Gasteiger partial charge in [0.15, 0.2) is 0 Å². The van der Waals surface area contributed by atoms with Crippen LogP contribution < -0.4 is 21.5 Å². The molecule has 2 aromatic carbocycles. The Morgan fingerprint density at radius 2 is 1.84 bits per heavy atom. The van der Waals surface area contributed by atoms with Crippen molar-refractivity contribution >= 4 is 23.3 Å². The smallest absolute Gasteiger partial charge is 0.307 e. The number of rotatable bonds is 3. The summed E-state index contributed by atoms with van der Waals surface area (Å²) in [6.45, 7) is 0. The van der Waals surface area contributed by atoms with E-state index in [0.29, 0.717) is 24.6 Å². The molecule has 0 saturated carbocycles. The largest absolute Gasteiger partial charge is 0.323 e. The molecule has 1 aliphatic rings. The van der Waals surface area contributed by atoms with E-state index in [1.165, 1.54) is 0 Å². The highest BCUT2D eigenvalue weighted by Crippen LogP contribution is 2.27. The van der Waals surface area contributed by atoms with E-state index < -0.39 is 17.7 Å². The van der Waals surface area contributed by atoms with E-state index in [-0.39, 0.29) is 17.6 Å². The molecule has 4 N–H and O–H groups in total. The molecule has 0 radical (unpaired) electrons. The minimum atomic E-state index is -0.861. The second-order valence-electron chi connectivity index (χ2n) is 5.57. The van der Waals surface area contributed by atoms with Gasteiger partial charge in [-0.25, -0.2) is 19.0 Å². The highest BCUT2D eigenvalue weighted by Gasteiger charge is 2.22. The molecule has 0 spiro atoms. The maximum absolute atomic E-state index is 13.6. The van der Waals surface area contributed by atoms with E-state index in [1.807, 2.05) is 12.1 Å². The molecule has 1 atom stereocenters. The summed E-state index contributed by atoms with van der Waals surface area (Å²) in [6, 6.07) is 9.18. The van der Waals surface area contributed by atoms with Crippen molar-refractivity contribution in [2.75, 3.05) is 10.6 Å². The van der Waals surface area contributed by atoms with E-state index in [0.717, 1.165) is 17.7 Å². The predicted molar refractivity (Wildman–Crippen MR) is 88.7 cm³/mol. The Kier molecular flexibility index (Phi) is 4.90. The third-order valence-corrected chi connectivity index (χ3v) is 3.81. The fourth-order valence-electron chi connectivity index (χ4n) is 2.59. The lowest BCUT2D eigenvalue weighted by Gasteiger charge is -2.26. The zero-order chi connectivity index (χ0) is 17.8. The van der Waals surface area contributed by atoms with Crippen molar-refractivity contribution in [2.24, 2.45) is 0 Å². The number of nitrogens with one attached hydrogen (secondary N) is 4. The lowest BCUT2D eigenvalue weighted by molar-refractivity contribution is -0.124. The average Bonchev–Trinajstić information content (AvgIpc) is 2.59. The SMILES string of the molecule is O=C1CCC(c2ccccc2NC(=O)Nc2ccc(F)cc2F)NN1.